The molecule has 0 bridgehead atoms. The fraction of sp³-hybridized carbons (Fsp3) is 0.476. The number of nitrogens with one attached hydrogen (secondary N) is 2. The van der Waals surface area contributed by atoms with Crippen LogP contribution in [0.2, 0.25) is 0 Å². The van der Waals surface area contributed by atoms with Gasteiger partial charge in [0.05, 0.1) is 5.56 Å². The van der Waals surface area contributed by atoms with Crippen LogP contribution in [0.3, 0.4) is 0 Å². The topological polar surface area (TPSA) is 83.4 Å². The van der Waals surface area contributed by atoms with Crippen LogP contribution in [0.25, 0.3) is 5.00 Å². The van der Waals surface area contributed by atoms with Gasteiger partial charge < -0.3 is 15.2 Å². The number of urea groups is 1. The van der Waals surface area contributed by atoms with E-state index in [9.17, 15) is 14.4 Å². The minimum absolute atomic E-state index is 0.106. The summed E-state index contributed by atoms with van der Waals surface area (Å²) in [6, 6.07) is 3.56. The van der Waals surface area contributed by atoms with Crippen molar-refractivity contribution >= 4 is 29.2 Å². The van der Waals surface area contributed by atoms with E-state index < -0.39 is 5.54 Å². The maximum atomic E-state index is 12.8. The number of aryl methyl sites for hydroxylation is 1. The number of hydrogen-bond acceptors (Lipinski definition) is 4. The molecule has 1 spiro atoms. The second-order valence-electron chi connectivity index (χ2n) is 7.84. The van der Waals surface area contributed by atoms with Crippen molar-refractivity contribution in [3.63, 3.8) is 0 Å². The lowest BCUT2D eigenvalue weighted by Gasteiger charge is -2.20. The van der Waals surface area contributed by atoms with Crippen molar-refractivity contribution in [2.24, 2.45) is 0 Å². The van der Waals surface area contributed by atoms with Gasteiger partial charge in [-0.2, -0.15) is 0 Å². The van der Waals surface area contributed by atoms with Gasteiger partial charge in [-0.15, -0.1) is 11.3 Å². The molecule has 2 aromatic heterocycles. The quantitative estimate of drug-likeness (QED) is 0.563. The summed E-state index contributed by atoms with van der Waals surface area (Å²) < 4.78 is 1.95. The number of imide groups is 1. The molecule has 3 heterocycles. The molecule has 2 N–H and O–H groups in total. The maximum Gasteiger partial charge on any atom is 0.325 e. The van der Waals surface area contributed by atoms with Crippen LogP contribution in [0.4, 0.5) is 4.79 Å². The molecule has 29 heavy (non-hydrogen) atoms. The lowest BCUT2D eigenvalue weighted by molar-refractivity contribution is -0.131. The highest BCUT2D eigenvalue weighted by Gasteiger charge is 2.51. The number of rotatable bonds is 6. The first-order valence-corrected chi connectivity index (χ1v) is 10.9. The van der Waals surface area contributed by atoms with Crippen LogP contribution in [0.5, 0.6) is 0 Å². The van der Waals surface area contributed by atoms with E-state index in [1.165, 1.54) is 4.90 Å². The Labute approximate surface area is 174 Å². The Morgan fingerprint density at radius 1 is 1.21 bits per heavy atom. The van der Waals surface area contributed by atoms with Crippen LogP contribution < -0.4 is 10.6 Å². The minimum atomic E-state index is -0.669. The molecule has 2 aromatic rings. The lowest BCUT2D eigenvalue weighted by Crippen LogP contribution is -2.44. The summed E-state index contributed by atoms with van der Waals surface area (Å²) in [5, 5.41) is 6.74. The molecular formula is C21H26N4O3S. The fourth-order valence-corrected chi connectivity index (χ4v) is 5.37. The smallest absolute Gasteiger partial charge is 0.325 e. The predicted molar refractivity (Wildman–Crippen MR) is 112 cm³/mol. The highest BCUT2D eigenvalue weighted by molar-refractivity contribution is 7.15. The van der Waals surface area contributed by atoms with E-state index in [0.29, 0.717) is 25.1 Å². The van der Waals surface area contributed by atoms with Gasteiger partial charge in [-0.25, -0.2) is 4.79 Å². The van der Waals surface area contributed by atoms with E-state index in [4.69, 9.17) is 0 Å². The van der Waals surface area contributed by atoms with Gasteiger partial charge in [0.25, 0.3) is 11.8 Å². The Morgan fingerprint density at radius 2 is 1.90 bits per heavy atom. The van der Waals surface area contributed by atoms with E-state index in [1.54, 1.807) is 11.3 Å². The third-order valence-electron chi connectivity index (χ3n) is 5.98. The summed E-state index contributed by atoms with van der Waals surface area (Å²) in [4.78, 5) is 40.2. The molecule has 4 amide bonds. The zero-order chi connectivity index (χ0) is 20.6. The second-order valence-corrected chi connectivity index (χ2v) is 9.04. The van der Waals surface area contributed by atoms with Crippen molar-refractivity contribution in [1.82, 2.24) is 20.1 Å². The van der Waals surface area contributed by atoms with Crippen LogP contribution in [0.1, 0.15) is 52.9 Å². The number of carbonyl (C=O) groups is 3. The van der Waals surface area contributed by atoms with E-state index in [0.717, 1.165) is 41.1 Å². The van der Waals surface area contributed by atoms with Crippen molar-refractivity contribution in [2.45, 2.75) is 51.5 Å². The SMILES string of the molecule is Cc1sc(-n2cccc2)c(C(=O)NCCCN2C(=O)NC3(CCCC3)C2=O)c1C. The average Bonchev–Trinajstić information content (AvgIpc) is 3.46. The van der Waals surface area contributed by atoms with Gasteiger partial charge in [0, 0.05) is 30.4 Å². The molecule has 0 aromatic carbocycles. The highest BCUT2D eigenvalue weighted by atomic mass is 32.1. The predicted octanol–water partition coefficient (Wildman–Crippen LogP) is 3.14. The molecule has 0 radical (unpaired) electrons. The normalized spacial score (nSPS) is 17.9. The standard InChI is InChI=1S/C21H26N4O3S/c1-14-15(2)29-18(24-11-5-6-12-24)16(14)17(26)22-10-7-13-25-19(27)21(23-20(25)28)8-3-4-9-21/h5-6,11-12H,3-4,7-10,13H2,1-2H3,(H,22,26)(H,23,28). The molecule has 1 saturated carbocycles. The van der Waals surface area contributed by atoms with Crippen molar-refractivity contribution in [1.29, 1.82) is 0 Å². The third kappa shape index (κ3) is 3.46. The Balaban J connectivity index is 1.36. The monoisotopic (exact) mass is 414 g/mol. The molecule has 1 aliphatic heterocycles. The van der Waals surface area contributed by atoms with Crippen LogP contribution in [0.15, 0.2) is 24.5 Å². The van der Waals surface area contributed by atoms with E-state index in [1.807, 2.05) is 42.9 Å². The van der Waals surface area contributed by atoms with Crippen molar-refractivity contribution in [3.05, 3.63) is 40.5 Å². The lowest BCUT2D eigenvalue weighted by atomic mass is 9.98. The average molecular weight is 415 g/mol. The number of aromatic nitrogens is 1. The summed E-state index contributed by atoms with van der Waals surface area (Å²) in [6.07, 6.45) is 7.78. The number of amides is 4. The summed E-state index contributed by atoms with van der Waals surface area (Å²) in [6.45, 7) is 4.70. The molecule has 2 aliphatic rings. The molecule has 7 nitrogen and oxygen atoms in total. The van der Waals surface area contributed by atoms with Gasteiger partial charge in [-0.05, 0) is 50.8 Å². The van der Waals surface area contributed by atoms with Crippen molar-refractivity contribution in [3.8, 4) is 5.00 Å². The summed E-state index contributed by atoms with van der Waals surface area (Å²) in [7, 11) is 0. The molecule has 1 saturated heterocycles. The van der Waals surface area contributed by atoms with Crippen LogP contribution in [-0.2, 0) is 4.79 Å². The molecule has 154 valence electrons. The zero-order valence-corrected chi connectivity index (χ0v) is 17.6. The Morgan fingerprint density at radius 3 is 2.59 bits per heavy atom. The molecule has 0 unspecified atom stereocenters. The number of hydrogen-bond donors (Lipinski definition) is 2. The summed E-state index contributed by atoms with van der Waals surface area (Å²) in [5.41, 5.74) is 0.995. The Bertz CT molecular complexity index is 942. The third-order valence-corrected chi connectivity index (χ3v) is 7.20. The number of thiophene rings is 1. The first-order valence-electron chi connectivity index (χ1n) is 10.1. The Hall–Kier alpha value is -2.61. The van der Waals surface area contributed by atoms with Crippen LogP contribution >= 0.6 is 11.3 Å². The van der Waals surface area contributed by atoms with E-state index in [2.05, 4.69) is 10.6 Å². The zero-order valence-electron chi connectivity index (χ0n) is 16.8. The van der Waals surface area contributed by atoms with Gasteiger partial charge >= 0.3 is 6.03 Å². The Kier molecular flexibility index (Phi) is 5.21. The molecule has 8 heteroatoms. The van der Waals surface area contributed by atoms with Crippen molar-refractivity contribution < 1.29 is 14.4 Å². The number of carbonyl (C=O) groups excluding carboxylic acids is 3. The summed E-state index contributed by atoms with van der Waals surface area (Å²) in [5.74, 6) is -0.231. The van der Waals surface area contributed by atoms with Gasteiger partial charge in [-0.1, -0.05) is 12.8 Å². The van der Waals surface area contributed by atoms with Crippen molar-refractivity contribution in [2.75, 3.05) is 13.1 Å². The van der Waals surface area contributed by atoms with Gasteiger partial charge in [0.1, 0.15) is 10.5 Å². The summed E-state index contributed by atoms with van der Waals surface area (Å²) >= 11 is 1.59. The van der Waals surface area contributed by atoms with Gasteiger partial charge in [-0.3, -0.25) is 14.5 Å². The first-order chi connectivity index (χ1) is 13.9. The molecule has 4 rings (SSSR count). The maximum absolute atomic E-state index is 12.8. The molecular weight excluding hydrogens is 388 g/mol. The van der Waals surface area contributed by atoms with E-state index >= 15 is 0 Å². The highest BCUT2D eigenvalue weighted by Crippen LogP contribution is 2.35. The fourth-order valence-electron chi connectivity index (χ4n) is 4.25. The van der Waals surface area contributed by atoms with Gasteiger partial charge in [0.15, 0.2) is 0 Å². The largest absolute Gasteiger partial charge is 0.352 e. The van der Waals surface area contributed by atoms with Crippen LogP contribution in [0, 0.1) is 13.8 Å². The minimum Gasteiger partial charge on any atom is -0.352 e. The second kappa shape index (κ2) is 7.67. The van der Waals surface area contributed by atoms with Crippen LogP contribution in [-0.4, -0.2) is 45.9 Å². The first kappa shape index (κ1) is 19.7. The van der Waals surface area contributed by atoms with E-state index in [-0.39, 0.29) is 17.8 Å². The molecule has 0 atom stereocenters. The van der Waals surface area contributed by atoms with Gasteiger partial charge in [0.2, 0.25) is 0 Å². The number of nitrogens with zero attached hydrogens (tertiary/aromatic N) is 2. The molecule has 1 aliphatic carbocycles. The molecule has 2 fully saturated rings.